The maximum Gasteiger partial charge on any atom is 0.179 e. The van der Waals surface area contributed by atoms with E-state index in [1.54, 1.807) is 12.1 Å². The first kappa shape index (κ1) is 18.5. The Bertz CT molecular complexity index is 469. The summed E-state index contributed by atoms with van der Waals surface area (Å²) >= 11 is 6.26. The molecule has 22 heavy (non-hydrogen) atoms. The van der Waals surface area contributed by atoms with Crippen molar-refractivity contribution in [3.63, 3.8) is 0 Å². The molecule has 1 aromatic rings. The molecule has 1 aromatic carbocycles. The van der Waals surface area contributed by atoms with Gasteiger partial charge in [0, 0.05) is 13.2 Å². The molecule has 0 unspecified atom stereocenters. The van der Waals surface area contributed by atoms with Crippen LogP contribution in [0.3, 0.4) is 0 Å². The van der Waals surface area contributed by atoms with E-state index in [4.69, 9.17) is 30.6 Å². The lowest BCUT2D eigenvalue weighted by molar-refractivity contribution is -0.0573. The fourth-order valence-electron chi connectivity index (χ4n) is 1.52. The SMILES string of the molecule is CCCOc1cc(N=CNOCOC)cc(Cl)c1OCCC. The van der Waals surface area contributed by atoms with Crippen molar-refractivity contribution < 1.29 is 19.0 Å². The van der Waals surface area contributed by atoms with E-state index < -0.39 is 0 Å². The number of benzene rings is 1. The molecule has 6 nitrogen and oxygen atoms in total. The zero-order valence-corrected chi connectivity index (χ0v) is 14.0. The summed E-state index contributed by atoms with van der Waals surface area (Å²) in [5.74, 6) is 1.15. The van der Waals surface area contributed by atoms with Crippen molar-refractivity contribution in [2.24, 2.45) is 4.99 Å². The second-order valence-corrected chi connectivity index (χ2v) is 4.79. The molecule has 0 fully saturated rings. The molecule has 0 atom stereocenters. The second-order valence-electron chi connectivity index (χ2n) is 4.38. The molecule has 0 aliphatic carbocycles. The highest BCUT2D eigenvalue weighted by atomic mass is 35.5. The molecule has 0 aliphatic rings. The minimum absolute atomic E-state index is 0.126. The Labute approximate surface area is 136 Å². The van der Waals surface area contributed by atoms with Gasteiger partial charge in [0.25, 0.3) is 0 Å². The van der Waals surface area contributed by atoms with Crippen LogP contribution < -0.4 is 15.0 Å². The number of nitrogens with one attached hydrogen (secondary N) is 1. The van der Waals surface area contributed by atoms with Crippen molar-refractivity contribution in [1.29, 1.82) is 0 Å². The molecular weight excluding hydrogens is 308 g/mol. The average molecular weight is 331 g/mol. The van der Waals surface area contributed by atoms with Gasteiger partial charge in [0.15, 0.2) is 18.3 Å². The van der Waals surface area contributed by atoms with Gasteiger partial charge in [-0.15, -0.1) is 0 Å². The van der Waals surface area contributed by atoms with E-state index in [2.05, 4.69) is 10.5 Å². The van der Waals surface area contributed by atoms with Gasteiger partial charge < -0.3 is 14.2 Å². The van der Waals surface area contributed by atoms with Crippen LogP contribution >= 0.6 is 11.6 Å². The first-order valence-corrected chi connectivity index (χ1v) is 7.58. The molecule has 0 heterocycles. The van der Waals surface area contributed by atoms with Crippen molar-refractivity contribution in [3.8, 4) is 11.5 Å². The van der Waals surface area contributed by atoms with Crippen molar-refractivity contribution >= 4 is 23.6 Å². The van der Waals surface area contributed by atoms with Crippen LogP contribution in [0.25, 0.3) is 0 Å². The summed E-state index contributed by atoms with van der Waals surface area (Å²) in [6.45, 7) is 5.36. The highest BCUT2D eigenvalue weighted by Crippen LogP contribution is 2.39. The molecule has 1 rings (SSSR count). The molecule has 0 amide bonds. The third-order valence-corrected chi connectivity index (χ3v) is 2.71. The predicted molar refractivity (Wildman–Crippen MR) is 87.3 cm³/mol. The van der Waals surface area contributed by atoms with Crippen LogP contribution in [0.4, 0.5) is 5.69 Å². The Morgan fingerprint density at radius 1 is 1.18 bits per heavy atom. The molecule has 0 spiro atoms. The van der Waals surface area contributed by atoms with Crippen LogP contribution in [0.5, 0.6) is 11.5 Å². The number of hydrogen-bond donors (Lipinski definition) is 1. The van der Waals surface area contributed by atoms with Crippen molar-refractivity contribution in [2.75, 3.05) is 27.1 Å². The molecule has 7 heteroatoms. The largest absolute Gasteiger partial charge is 0.490 e. The lowest BCUT2D eigenvalue weighted by atomic mass is 10.2. The minimum Gasteiger partial charge on any atom is -0.490 e. The molecule has 0 saturated heterocycles. The average Bonchev–Trinajstić information content (AvgIpc) is 2.51. The van der Waals surface area contributed by atoms with Crippen LogP contribution in [-0.2, 0) is 9.57 Å². The van der Waals surface area contributed by atoms with E-state index in [-0.39, 0.29) is 6.79 Å². The number of hydroxylamine groups is 1. The van der Waals surface area contributed by atoms with E-state index in [9.17, 15) is 0 Å². The van der Waals surface area contributed by atoms with Gasteiger partial charge in [-0.3, -0.25) is 5.48 Å². The number of rotatable bonds is 11. The van der Waals surface area contributed by atoms with Gasteiger partial charge >= 0.3 is 0 Å². The molecule has 0 bridgehead atoms. The Morgan fingerprint density at radius 2 is 1.91 bits per heavy atom. The third kappa shape index (κ3) is 6.51. The van der Waals surface area contributed by atoms with Gasteiger partial charge in [0.1, 0.15) is 6.34 Å². The van der Waals surface area contributed by atoms with Crippen molar-refractivity contribution in [2.45, 2.75) is 26.7 Å². The van der Waals surface area contributed by atoms with Gasteiger partial charge in [-0.2, -0.15) is 0 Å². The summed E-state index contributed by atoms with van der Waals surface area (Å²) < 4.78 is 16.1. The van der Waals surface area contributed by atoms with Crippen LogP contribution in [0.1, 0.15) is 26.7 Å². The van der Waals surface area contributed by atoms with E-state index >= 15 is 0 Å². The number of ether oxygens (including phenoxy) is 3. The highest BCUT2D eigenvalue weighted by molar-refractivity contribution is 6.32. The number of methoxy groups -OCH3 is 1. The molecule has 0 radical (unpaired) electrons. The van der Waals surface area contributed by atoms with E-state index in [0.717, 1.165) is 12.8 Å². The van der Waals surface area contributed by atoms with Crippen molar-refractivity contribution in [3.05, 3.63) is 17.2 Å². The lowest BCUT2D eigenvalue weighted by Gasteiger charge is -2.14. The second kappa shape index (κ2) is 11.1. The van der Waals surface area contributed by atoms with E-state index in [1.807, 2.05) is 13.8 Å². The normalized spacial score (nSPS) is 10.9. The first-order chi connectivity index (χ1) is 10.7. The van der Waals surface area contributed by atoms with Gasteiger partial charge in [0.05, 0.1) is 23.9 Å². The highest BCUT2D eigenvalue weighted by Gasteiger charge is 2.12. The predicted octanol–water partition coefficient (Wildman–Crippen LogP) is 3.70. The summed E-state index contributed by atoms with van der Waals surface area (Å²) in [6.07, 6.45) is 3.19. The Hall–Kier alpha value is -1.50. The maximum atomic E-state index is 6.26. The summed E-state index contributed by atoms with van der Waals surface area (Å²) in [7, 11) is 1.53. The number of halogens is 1. The Kier molecular flexibility index (Phi) is 9.37. The van der Waals surface area contributed by atoms with Crippen molar-refractivity contribution in [1.82, 2.24) is 5.48 Å². The summed E-state index contributed by atoms with van der Waals surface area (Å²) in [5, 5.41) is 0.465. The number of aliphatic imine (C=N–C) groups is 1. The van der Waals surface area contributed by atoms with Gasteiger partial charge in [0.2, 0.25) is 0 Å². The first-order valence-electron chi connectivity index (χ1n) is 7.20. The van der Waals surface area contributed by atoms with Crippen LogP contribution in [-0.4, -0.2) is 33.5 Å². The van der Waals surface area contributed by atoms with Gasteiger partial charge in [-0.05, 0) is 18.9 Å². The Morgan fingerprint density at radius 3 is 2.59 bits per heavy atom. The smallest absolute Gasteiger partial charge is 0.179 e. The Balaban J connectivity index is 2.83. The van der Waals surface area contributed by atoms with E-state index in [0.29, 0.717) is 35.4 Å². The summed E-state index contributed by atoms with van der Waals surface area (Å²) in [6, 6.07) is 3.49. The monoisotopic (exact) mass is 330 g/mol. The van der Waals surface area contributed by atoms with Crippen LogP contribution in [0.2, 0.25) is 5.02 Å². The molecule has 0 aromatic heterocycles. The standard InChI is InChI=1S/C15H23ClN2O4/c1-4-6-20-14-9-12(17-10-18-22-11-19-3)8-13(16)15(14)21-7-5-2/h8-10H,4-7,11H2,1-3H3,(H,17,18). The molecule has 0 saturated carbocycles. The maximum absolute atomic E-state index is 6.26. The number of nitrogens with zero attached hydrogens (tertiary/aromatic N) is 1. The quantitative estimate of drug-likeness (QED) is 0.220. The lowest BCUT2D eigenvalue weighted by Crippen LogP contribution is -2.13. The minimum atomic E-state index is 0.126. The zero-order valence-electron chi connectivity index (χ0n) is 13.2. The summed E-state index contributed by atoms with van der Waals surface area (Å²) in [5.41, 5.74) is 3.17. The van der Waals surface area contributed by atoms with E-state index in [1.165, 1.54) is 13.4 Å². The molecule has 124 valence electrons. The fourth-order valence-corrected chi connectivity index (χ4v) is 1.78. The topological polar surface area (TPSA) is 61.3 Å². The fraction of sp³-hybridized carbons (Fsp3) is 0.533. The number of hydrogen-bond acceptors (Lipinski definition) is 5. The third-order valence-electron chi connectivity index (χ3n) is 2.43. The molecule has 0 aliphatic heterocycles. The zero-order chi connectivity index (χ0) is 16.2. The molecule has 1 N–H and O–H groups in total. The summed E-state index contributed by atoms with van der Waals surface area (Å²) in [4.78, 5) is 9.09. The van der Waals surface area contributed by atoms with Crippen LogP contribution in [0.15, 0.2) is 17.1 Å². The molecular formula is C15H23ClN2O4. The van der Waals surface area contributed by atoms with Crippen LogP contribution in [0, 0.1) is 0 Å². The van der Waals surface area contributed by atoms with Gasteiger partial charge in [-0.1, -0.05) is 25.4 Å². The van der Waals surface area contributed by atoms with Gasteiger partial charge in [-0.25, -0.2) is 9.83 Å².